The Morgan fingerprint density at radius 2 is 2.19 bits per heavy atom. The van der Waals surface area contributed by atoms with Crippen LogP contribution in [0.15, 0.2) is 23.2 Å². The fourth-order valence-corrected chi connectivity index (χ4v) is 5.30. The van der Waals surface area contributed by atoms with Crippen LogP contribution in [0.5, 0.6) is 11.5 Å². The third-order valence-electron chi connectivity index (χ3n) is 3.76. The summed E-state index contributed by atoms with van der Waals surface area (Å²) < 4.78 is 11.7. The molecule has 0 radical (unpaired) electrons. The van der Waals surface area contributed by atoms with Crippen LogP contribution in [-0.4, -0.2) is 52.2 Å². The van der Waals surface area contributed by atoms with Crippen LogP contribution in [0.1, 0.15) is 13.3 Å². The van der Waals surface area contributed by atoms with Gasteiger partial charge >= 0.3 is 0 Å². The van der Waals surface area contributed by atoms with Gasteiger partial charge in [0.1, 0.15) is 15.9 Å². The monoisotopic (exact) mass is 424 g/mol. The largest absolute Gasteiger partial charge is 0.497 e. The highest BCUT2D eigenvalue weighted by Gasteiger charge is 2.23. The van der Waals surface area contributed by atoms with Gasteiger partial charge in [-0.15, -0.1) is 10.2 Å². The van der Waals surface area contributed by atoms with Crippen molar-refractivity contribution >= 4 is 50.3 Å². The zero-order valence-electron chi connectivity index (χ0n) is 15.2. The molecule has 10 heteroatoms. The van der Waals surface area contributed by atoms with E-state index in [1.54, 1.807) is 26.0 Å². The van der Waals surface area contributed by atoms with Crippen molar-refractivity contribution in [2.45, 2.75) is 18.6 Å². The molecule has 1 amide bonds. The molecule has 0 saturated heterocycles. The van der Waals surface area contributed by atoms with Crippen LogP contribution in [0.2, 0.25) is 0 Å². The molecular formula is C17H20N4O3S3. The molecule has 1 N–H and O–H groups in total. The molecule has 7 nitrogen and oxygen atoms in total. The fourth-order valence-electron chi connectivity index (χ4n) is 2.38. The second-order valence-electron chi connectivity index (χ2n) is 5.48. The van der Waals surface area contributed by atoms with Crippen LogP contribution in [-0.2, 0) is 4.79 Å². The lowest BCUT2D eigenvalue weighted by Crippen LogP contribution is -2.25. The van der Waals surface area contributed by atoms with Crippen molar-refractivity contribution in [3.63, 3.8) is 0 Å². The van der Waals surface area contributed by atoms with Crippen LogP contribution in [0.3, 0.4) is 0 Å². The first-order valence-corrected chi connectivity index (χ1v) is 11.0. The van der Waals surface area contributed by atoms with Crippen LogP contribution in [0, 0.1) is 0 Å². The van der Waals surface area contributed by atoms with Gasteiger partial charge in [0, 0.05) is 5.75 Å². The van der Waals surface area contributed by atoms with Crippen molar-refractivity contribution in [3.8, 4) is 22.1 Å². The Balaban J connectivity index is 1.73. The Kier molecular flexibility index (Phi) is 6.97. The first kappa shape index (κ1) is 20.0. The smallest absolute Gasteiger partial charge is 0.239 e. The minimum Gasteiger partial charge on any atom is -0.497 e. The maximum atomic E-state index is 12.6. The lowest BCUT2D eigenvalue weighted by atomic mass is 10.2. The number of rotatable bonds is 7. The summed E-state index contributed by atoms with van der Waals surface area (Å²) in [4.78, 5) is 17.0. The Morgan fingerprint density at radius 1 is 1.33 bits per heavy atom. The molecule has 3 rings (SSSR count). The van der Waals surface area contributed by atoms with E-state index in [-0.39, 0.29) is 11.2 Å². The topological polar surface area (TPSA) is 85.7 Å². The van der Waals surface area contributed by atoms with E-state index in [1.165, 1.54) is 23.1 Å². The van der Waals surface area contributed by atoms with Crippen LogP contribution in [0.25, 0.3) is 10.6 Å². The number of ether oxygens (including phenoxy) is 2. The van der Waals surface area contributed by atoms with Crippen molar-refractivity contribution < 1.29 is 14.3 Å². The highest BCUT2D eigenvalue weighted by molar-refractivity contribution is 8.39. The maximum Gasteiger partial charge on any atom is 0.239 e. The van der Waals surface area contributed by atoms with Gasteiger partial charge in [-0.1, -0.05) is 41.8 Å². The highest BCUT2D eigenvalue weighted by Crippen LogP contribution is 2.36. The number of benzene rings is 1. The quantitative estimate of drug-likeness (QED) is 0.724. The average molecular weight is 425 g/mol. The number of carbonyl (C=O) groups is 1. The van der Waals surface area contributed by atoms with Gasteiger partial charge in [0.05, 0.1) is 31.6 Å². The molecule has 0 bridgehead atoms. The number of amides is 1. The van der Waals surface area contributed by atoms with Crippen molar-refractivity contribution in [1.82, 2.24) is 10.2 Å². The molecule has 144 valence electrons. The first-order valence-electron chi connectivity index (χ1n) is 8.35. The van der Waals surface area contributed by atoms with Gasteiger partial charge in [-0.2, -0.15) is 0 Å². The van der Waals surface area contributed by atoms with Crippen molar-refractivity contribution in [3.05, 3.63) is 18.2 Å². The summed E-state index contributed by atoms with van der Waals surface area (Å²) in [7, 11) is 3.20. The Labute approximate surface area is 170 Å². The zero-order valence-corrected chi connectivity index (χ0v) is 17.7. The molecule has 1 aliphatic rings. The third-order valence-corrected chi connectivity index (χ3v) is 7.20. The van der Waals surface area contributed by atoms with Crippen molar-refractivity contribution in [1.29, 1.82) is 0 Å². The molecule has 2 aromatic rings. The first-order chi connectivity index (χ1) is 13.1. The number of anilines is 1. The SMILES string of the molecule is CCC(SC1=NCCS1)C(=O)Nc1nnc(-c2cc(OC)ccc2OC)s1. The number of nitrogens with zero attached hydrogens (tertiary/aromatic N) is 3. The summed E-state index contributed by atoms with van der Waals surface area (Å²) in [5, 5.41) is 12.1. The number of methoxy groups -OCH3 is 2. The number of aliphatic imine (C=N–C) groups is 1. The molecular weight excluding hydrogens is 404 g/mol. The van der Waals surface area contributed by atoms with Gasteiger partial charge in [-0.3, -0.25) is 15.1 Å². The molecule has 0 saturated carbocycles. The third kappa shape index (κ3) is 4.94. The molecule has 1 atom stereocenters. The van der Waals surface area contributed by atoms with Gasteiger partial charge in [0.25, 0.3) is 0 Å². The number of hydrogen-bond acceptors (Lipinski definition) is 9. The molecule has 2 heterocycles. The van der Waals surface area contributed by atoms with E-state index >= 15 is 0 Å². The van der Waals surface area contributed by atoms with Gasteiger partial charge in [0.15, 0.2) is 5.01 Å². The molecule has 27 heavy (non-hydrogen) atoms. The van der Waals surface area contributed by atoms with E-state index in [2.05, 4.69) is 20.5 Å². The van der Waals surface area contributed by atoms with E-state index in [4.69, 9.17) is 9.47 Å². The summed E-state index contributed by atoms with van der Waals surface area (Å²) >= 11 is 4.51. The Hall–Kier alpha value is -1.78. The minimum absolute atomic E-state index is 0.0852. The molecule has 1 unspecified atom stereocenters. The van der Waals surface area contributed by atoms with Crippen LogP contribution < -0.4 is 14.8 Å². The van der Waals surface area contributed by atoms with Crippen molar-refractivity contribution in [2.24, 2.45) is 4.99 Å². The van der Waals surface area contributed by atoms with Gasteiger partial charge < -0.3 is 9.47 Å². The Bertz CT molecular complexity index is 841. The number of aromatic nitrogens is 2. The summed E-state index contributed by atoms with van der Waals surface area (Å²) in [5.74, 6) is 2.27. The average Bonchev–Trinajstić information content (AvgIpc) is 3.37. The molecule has 1 aliphatic heterocycles. The summed E-state index contributed by atoms with van der Waals surface area (Å²) in [6.45, 7) is 2.82. The molecule has 0 fully saturated rings. The molecule has 1 aromatic heterocycles. The lowest BCUT2D eigenvalue weighted by Gasteiger charge is -2.12. The number of nitrogens with one attached hydrogen (secondary N) is 1. The number of carbonyl (C=O) groups excluding carboxylic acids is 1. The van der Waals surface area contributed by atoms with Gasteiger partial charge in [0.2, 0.25) is 11.0 Å². The van der Waals surface area contributed by atoms with E-state index in [0.717, 1.165) is 22.2 Å². The maximum absolute atomic E-state index is 12.6. The molecule has 0 spiro atoms. The van der Waals surface area contributed by atoms with Crippen LogP contribution in [0.4, 0.5) is 5.13 Å². The van der Waals surface area contributed by atoms with Crippen molar-refractivity contribution in [2.75, 3.05) is 31.8 Å². The number of thioether (sulfide) groups is 2. The van der Waals surface area contributed by atoms with E-state index < -0.39 is 0 Å². The van der Waals surface area contributed by atoms with E-state index in [0.29, 0.717) is 28.1 Å². The predicted octanol–water partition coefficient (Wildman–Crippen LogP) is 3.78. The van der Waals surface area contributed by atoms with E-state index in [1.807, 2.05) is 25.1 Å². The summed E-state index contributed by atoms with van der Waals surface area (Å²) in [6, 6.07) is 5.47. The van der Waals surface area contributed by atoms with Crippen LogP contribution >= 0.6 is 34.9 Å². The highest BCUT2D eigenvalue weighted by atomic mass is 32.2. The fraction of sp³-hybridized carbons (Fsp3) is 0.412. The number of hydrogen-bond donors (Lipinski definition) is 1. The molecule has 1 aromatic carbocycles. The predicted molar refractivity (Wildman–Crippen MR) is 114 cm³/mol. The summed E-state index contributed by atoms with van der Waals surface area (Å²) in [5.41, 5.74) is 0.771. The summed E-state index contributed by atoms with van der Waals surface area (Å²) in [6.07, 6.45) is 0.714. The zero-order chi connectivity index (χ0) is 19.2. The molecule has 0 aliphatic carbocycles. The Morgan fingerprint density at radius 3 is 2.85 bits per heavy atom. The lowest BCUT2D eigenvalue weighted by molar-refractivity contribution is -0.115. The van der Waals surface area contributed by atoms with E-state index in [9.17, 15) is 4.79 Å². The minimum atomic E-state index is -0.201. The normalized spacial score (nSPS) is 14.6. The van der Waals surface area contributed by atoms with Gasteiger partial charge in [-0.05, 0) is 24.6 Å². The second-order valence-corrected chi connectivity index (χ2v) is 8.99. The standard InChI is InChI=1S/C17H20N4O3S3/c1-4-13(26-17-18-7-8-25-17)14(22)19-16-21-20-15(27-16)11-9-10(23-2)5-6-12(11)24-3/h5-6,9,13H,4,7-8H2,1-3H3,(H,19,21,22). The van der Waals surface area contributed by atoms with Gasteiger partial charge in [-0.25, -0.2) is 0 Å². The second kappa shape index (κ2) is 9.43.